The van der Waals surface area contributed by atoms with Gasteiger partial charge in [-0.15, -0.1) is 0 Å². The summed E-state index contributed by atoms with van der Waals surface area (Å²) in [6.45, 7) is 0. The lowest BCUT2D eigenvalue weighted by atomic mass is 10.2. The number of alkyl halides is 12. The quantitative estimate of drug-likeness (QED) is 0.544. The normalized spacial score (nSPS) is 28.3. The van der Waals surface area contributed by atoms with E-state index in [-0.39, 0.29) is 0 Å². The van der Waals surface area contributed by atoms with Crippen LogP contribution in [0.5, 0.6) is 0 Å². The average Bonchev–Trinajstić information content (AvgIpc) is 2.20. The fourth-order valence-corrected chi connectivity index (χ4v) is 2.46. The Morgan fingerprint density at radius 2 is 1.22 bits per heavy atom. The van der Waals surface area contributed by atoms with Crippen LogP contribution < -0.4 is 0 Å². The van der Waals surface area contributed by atoms with Crippen molar-refractivity contribution < 1.29 is 70.0 Å². The topological polar surface area (TPSA) is 52.6 Å². The molecule has 0 bridgehead atoms. The van der Waals surface area contributed by atoms with Gasteiger partial charge in [0.15, 0.2) is 0 Å². The predicted molar refractivity (Wildman–Crippen MR) is 40.8 cm³/mol. The Hall–Kier alpha value is -0.970. The number of hydrogen-bond acceptors (Lipinski definition) is 4. The van der Waals surface area contributed by atoms with E-state index in [2.05, 4.69) is 4.18 Å². The van der Waals surface area contributed by atoms with Crippen molar-refractivity contribution in [3.05, 3.63) is 0 Å². The molecule has 1 heterocycles. The predicted octanol–water partition coefficient (Wildman–Crippen LogP) is 3.00. The van der Waals surface area contributed by atoms with Crippen molar-refractivity contribution in [2.75, 3.05) is 0 Å². The monoisotopic (exact) mass is 396 g/mol. The van der Waals surface area contributed by atoms with Gasteiger partial charge in [0, 0.05) is 0 Å². The molecule has 1 unspecified atom stereocenters. The van der Waals surface area contributed by atoms with Crippen molar-refractivity contribution >= 4 is 10.1 Å². The van der Waals surface area contributed by atoms with Gasteiger partial charge in [0.2, 0.25) is 0 Å². The van der Waals surface area contributed by atoms with Gasteiger partial charge in [0.1, 0.15) is 0 Å². The zero-order chi connectivity index (χ0) is 18.9. The lowest BCUT2D eigenvalue weighted by Crippen LogP contribution is -2.78. The van der Waals surface area contributed by atoms with Gasteiger partial charge in [-0.1, -0.05) is 0 Å². The first kappa shape index (κ1) is 20.1. The highest BCUT2D eigenvalue weighted by molar-refractivity contribution is 7.89. The Balaban J connectivity index is 3.53. The Kier molecular flexibility index (Phi) is 3.98. The summed E-state index contributed by atoms with van der Waals surface area (Å²) in [6.07, 6.45) is -27.9. The van der Waals surface area contributed by atoms with Crippen LogP contribution in [0.2, 0.25) is 0 Å². The minimum Gasteiger partial charge on any atom is -0.274 e. The molecule has 0 N–H and O–H groups in total. The molecule has 138 valence electrons. The first-order chi connectivity index (χ1) is 9.66. The van der Waals surface area contributed by atoms with Crippen molar-refractivity contribution in [2.24, 2.45) is 0 Å². The molecule has 1 aliphatic rings. The Bertz CT molecular complexity index is 576. The third kappa shape index (κ3) is 2.43. The van der Waals surface area contributed by atoms with Crippen LogP contribution in [0.25, 0.3) is 0 Å². The van der Waals surface area contributed by atoms with E-state index in [0.717, 1.165) is 0 Å². The van der Waals surface area contributed by atoms with Gasteiger partial charge in [0.05, 0.1) is 0 Å². The molecule has 0 saturated carbocycles. The summed E-state index contributed by atoms with van der Waals surface area (Å²) >= 11 is 0. The molecule has 23 heavy (non-hydrogen) atoms. The molecule has 0 aromatic rings. The summed E-state index contributed by atoms with van der Waals surface area (Å²) in [5.41, 5.74) is 0. The molecule has 4 nitrogen and oxygen atoms in total. The SMILES string of the molecule is O=S1(=O)OC(F)(F)C1(OC(F)(F)C(F)(F)C(F)(F)F)C(F)(F)F. The maximum absolute atomic E-state index is 12.8. The smallest absolute Gasteiger partial charge is 0.274 e. The van der Waals surface area contributed by atoms with E-state index in [0.29, 0.717) is 0 Å². The van der Waals surface area contributed by atoms with Crippen LogP contribution in [0.4, 0.5) is 52.7 Å². The minimum absolute atomic E-state index is 1.86. The van der Waals surface area contributed by atoms with Crippen molar-refractivity contribution in [1.82, 2.24) is 0 Å². The number of hydrogen-bond donors (Lipinski definition) is 0. The summed E-state index contributed by atoms with van der Waals surface area (Å²) < 4.78 is 174. The molecule has 1 saturated heterocycles. The second kappa shape index (κ2) is 4.56. The van der Waals surface area contributed by atoms with Crippen LogP contribution >= 0.6 is 0 Å². The van der Waals surface area contributed by atoms with Gasteiger partial charge in [0.25, 0.3) is 0 Å². The van der Waals surface area contributed by atoms with Gasteiger partial charge in [-0.3, -0.25) is 4.74 Å². The summed E-state index contributed by atoms with van der Waals surface area (Å²) in [5, 5.41) is 0. The Morgan fingerprint density at radius 3 is 1.43 bits per heavy atom. The fraction of sp³-hybridized carbons (Fsp3) is 1.00. The highest BCUT2D eigenvalue weighted by Gasteiger charge is 2.94. The van der Waals surface area contributed by atoms with Crippen LogP contribution in [0.1, 0.15) is 0 Å². The number of rotatable bonds is 3. The summed E-state index contributed by atoms with van der Waals surface area (Å²) in [4.78, 5) is -6.45. The summed E-state index contributed by atoms with van der Waals surface area (Å²) in [5.74, 6) is -7.43. The minimum atomic E-state index is -7.43. The molecule has 1 rings (SSSR count). The van der Waals surface area contributed by atoms with Gasteiger partial charge in [-0.05, 0) is 0 Å². The molecule has 0 spiro atoms. The molecule has 1 aliphatic heterocycles. The summed E-state index contributed by atoms with van der Waals surface area (Å²) in [6, 6.07) is 0. The highest BCUT2D eigenvalue weighted by atomic mass is 32.2. The first-order valence-corrected chi connectivity index (χ1v) is 5.99. The molecule has 1 fully saturated rings. The number of halogens is 12. The van der Waals surface area contributed by atoms with Crippen molar-refractivity contribution in [3.8, 4) is 0 Å². The molecule has 0 aliphatic carbocycles. The van der Waals surface area contributed by atoms with Crippen LogP contribution in [0.3, 0.4) is 0 Å². The van der Waals surface area contributed by atoms with E-state index in [1.54, 1.807) is 0 Å². The van der Waals surface area contributed by atoms with Gasteiger partial charge >= 0.3 is 45.5 Å². The molecular formula is C6F12O4S. The van der Waals surface area contributed by atoms with Gasteiger partial charge in [-0.25, -0.2) is 0 Å². The average molecular weight is 396 g/mol. The maximum Gasteiger partial charge on any atom is 0.462 e. The zero-order valence-corrected chi connectivity index (χ0v) is 10.4. The van der Waals surface area contributed by atoms with E-state index >= 15 is 0 Å². The van der Waals surface area contributed by atoms with Crippen LogP contribution in [-0.4, -0.2) is 43.8 Å². The van der Waals surface area contributed by atoms with Crippen molar-refractivity contribution in [3.63, 3.8) is 0 Å². The van der Waals surface area contributed by atoms with E-state index in [9.17, 15) is 61.1 Å². The molecule has 0 amide bonds. The molecule has 0 aromatic heterocycles. The Morgan fingerprint density at radius 1 is 0.826 bits per heavy atom. The van der Waals surface area contributed by atoms with E-state index in [4.69, 9.17) is 0 Å². The third-order valence-electron chi connectivity index (χ3n) is 2.32. The van der Waals surface area contributed by atoms with E-state index < -0.39 is 45.5 Å². The molecule has 0 radical (unpaired) electrons. The van der Waals surface area contributed by atoms with Crippen LogP contribution in [0, 0.1) is 0 Å². The standard InChI is InChI=1S/C6F12O4S/c7-1(8,3(9,10)11)5(15,16)21-2(4(12,13)14)6(17,18)22-23(2,19)20. The fourth-order valence-electron chi connectivity index (χ4n) is 1.25. The summed E-state index contributed by atoms with van der Waals surface area (Å²) in [7, 11) is -6.87. The van der Waals surface area contributed by atoms with Gasteiger partial charge < -0.3 is 0 Å². The molecular weight excluding hydrogens is 396 g/mol. The van der Waals surface area contributed by atoms with Crippen molar-refractivity contribution in [1.29, 1.82) is 0 Å². The third-order valence-corrected chi connectivity index (χ3v) is 4.00. The van der Waals surface area contributed by atoms with E-state index in [1.165, 1.54) is 0 Å². The Labute approximate surface area is 117 Å². The van der Waals surface area contributed by atoms with Crippen LogP contribution in [-0.2, 0) is 19.0 Å². The largest absolute Gasteiger partial charge is 0.462 e. The number of ether oxygens (including phenoxy) is 1. The lowest BCUT2D eigenvalue weighted by Gasteiger charge is -2.47. The molecule has 0 aromatic carbocycles. The second-order valence-electron chi connectivity index (χ2n) is 3.86. The van der Waals surface area contributed by atoms with E-state index in [1.807, 2.05) is 4.74 Å². The second-order valence-corrected chi connectivity index (χ2v) is 5.51. The lowest BCUT2D eigenvalue weighted by molar-refractivity contribution is -0.492. The van der Waals surface area contributed by atoms with Gasteiger partial charge in [-0.2, -0.15) is 65.3 Å². The molecule has 1 atom stereocenters. The highest BCUT2D eigenvalue weighted by Crippen LogP contribution is 2.62. The molecule has 17 heteroatoms. The maximum atomic E-state index is 12.8. The zero-order valence-electron chi connectivity index (χ0n) is 9.58. The first-order valence-electron chi connectivity index (χ1n) is 4.58. The van der Waals surface area contributed by atoms with Crippen molar-refractivity contribution in [2.45, 2.75) is 35.4 Å². The van der Waals surface area contributed by atoms with Crippen LogP contribution in [0.15, 0.2) is 0 Å².